The number of nitrogens with one attached hydrogen (secondary N) is 1. The summed E-state index contributed by atoms with van der Waals surface area (Å²) in [5.41, 5.74) is 2.50. The molecule has 1 saturated carbocycles. The van der Waals surface area contributed by atoms with E-state index in [1.54, 1.807) is 4.90 Å². The van der Waals surface area contributed by atoms with Crippen molar-refractivity contribution in [1.29, 1.82) is 0 Å². The average Bonchev–Trinajstić information content (AvgIpc) is 3.23. The molecule has 0 aromatic heterocycles. The molecule has 2 aromatic carbocycles. The molecule has 2 fully saturated rings. The normalized spacial score (nSPS) is 20.2. The smallest absolute Gasteiger partial charge is 0.223 e. The molecule has 0 bridgehead atoms. The van der Waals surface area contributed by atoms with Gasteiger partial charge in [0.25, 0.3) is 0 Å². The Morgan fingerprint density at radius 3 is 2.31 bits per heavy atom. The van der Waals surface area contributed by atoms with Gasteiger partial charge in [0, 0.05) is 31.1 Å². The van der Waals surface area contributed by atoms with E-state index in [9.17, 15) is 18.7 Å². The quantitative estimate of drug-likeness (QED) is 0.527. The van der Waals surface area contributed by atoms with E-state index < -0.39 is 23.8 Å². The highest BCUT2D eigenvalue weighted by Gasteiger charge is 2.38. The van der Waals surface area contributed by atoms with Crippen LogP contribution in [0.1, 0.15) is 88.4 Å². The van der Waals surface area contributed by atoms with Crippen LogP contribution in [0, 0.1) is 11.6 Å². The molecule has 35 heavy (non-hydrogen) atoms. The Balaban J connectivity index is 1.62. The molecule has 1 saturated heterocycles. The van der Waals surface area contributed by atoms with Gasteiger partial charge in [-0.05, 0) is 53.5 Å². The molecule has 1 heterocycles. The van der Waals surface area contributed by atoms with Crippen LogP contribution in [0.3, 0.4) is 0 Å². The lowest BCUT2D eigenvalue weighted by molar-refractivity contribution is -0.132. The zero-order valence-corrected chi connectivity index (χ0v) is 21.1. The Kier molecular flexibility index (Phi) is 7.62. The fourth-order valence-electron chi connectivity index (χ4n) is 5.74. The van der Waals surface area contributed by atoms with Crippen molar-refractivity contribution in [3.63, 3.8) is 0 Å². The van der Waals surface area contributed by atoms with Crippen molar-refractivity contribution in [3.8, 4) is 0 Å². The number of aliphatic hydroxyl groups excluding tert-OH is 1. The van der Waals surface area contributed by atoms with Crippen LogP contribution in [-0.4, -0.2) is 35.1 Å². The summed E-state index contributed by atoms with van der Waals surface area (Å²) in [4.78, 5) is 14.2. The molecule has 190 valence electrons. The number of amides is 1. The zero-order valence-electron chi connectivity index (χ0n) is 21.1. The predicted molar refractivity (Wildman–Crippen MR) is 134 cm³/mol. The molecule has 2 atom stereocenters. The molecular weight excluding hydrogens is 446 g/mol. The Hall–Kier alpha value is -2.31. The summed E-state index contributed by atoms with van der Waals surface area (Å²) in [6, 6.07) is 11.2. The zero-order chi connectivity index (χ0) is 25.2. The summed E-state index contributed by atoms with van der Waals surface area (Å²) in [7, 11) is 0. The van der Waals surface area contributed by atoms with Gasteiger partial charge in [0.15, 0.2) is 0 Å². The Morgan fingerprint density at radius 2 is 1.71 bits per heavy atom. The number of likely N-dealkylation sites (tertiary alicyclic amines) is 1. The van der Waals surface area contributed by atoms with E-state index in [-0.39, 0.29) is 23.4 Å². The number of nitrogens with zero attached hydrogens (tertiary/aromatic N) is 1. The van der Waals surface area contributed by atoms with Crippen LogP contribution in [0.15, 0.2) is 42.5 Å². The first-order valence-corrected chi connectivity index (χ1v) is 12.9. The highest BCUT2D eigenvalue weighted by Crippen LogP contribution is 2.39. The van der Waals surface area contributed by atoms with E-state index in [2.05, 4.69) is 50.4 Å². The fraction of sp³-hybridized carbons (Fsp3) is 0.552. The van der Waals surface area contributed by atoms with Gasteiger partial charge in [0.05, 0.1) is 12.1 Å². The van der Waals surface area contributed by atoms with E-state index in [1.165, 1.54) is 29.7 Å². The molecule has 4 rings (SSSR count). The molecule has 1 aliphatic heterocycles. The number of hydrogen-bond donors (Lipinski definition) is 2. The Bertz CT molecular complexity index is 1020. The lowest BCUT2D eigenvalue weighted by Crippen LogP contribution is -2.50. The molecule has 0 spiro atoms. The maximum atomic E-state index is 14.1. The number of carbonyl (C=O) groups excluding carboxylic acids is 1. The number of hydrogen-bond acceptors (Lipinski definition) is 3. The first-order chi connectivity index (χ1) is 16.6. The lowest BCUT2D eigenvalue weighted by atomic mass is 9.74. The second kappa shape index (κ2) is 10.4. The maximum absolute atomic E-state index is 14.1. The predicted octanol–water partition coefficient (Wildman–Crippen LogP) is 5.74. The van der Waals surface area contributed by atoms with Gasteiger partial charge in [-0.25, -0.2) is 8.78 Å². The van der Waals surface area contributed by atoms with Crippen LogP contribution in [0.25, 0.3) is 0 Å². The molecule has 1 aliphatic carbocycles. The highest BCUT2D eigenvalue weighted by atomic mass is 19.1. The summed E-state index contributed by atoms with van der Waals surface area (Å²) < 4.78 is 28.2. The van der Waals surface area contributed by atoms with E-state index in [4.69, 9.17) is 0 Å². The topological polar surface area (TPSA) is 52.6 Å². The SMILES string of the molecule is CC(C)(C)c1cccc(C2(NC[C@@H](O)C(c3cc(F)cc(F)c3)N3CCCC3=O)CCCCC2)c1. The largest absolute Gasteiger partial charge is 0.389 e. The minimum absolute atomic E-state index is 0.0219. The molecule has 6 heteroatoms. The molecule has 2 aliphatic rings. The minimum Gasteiger partial charge on any atom is -0.389 e. The average molecular weight is 485 g/mol. The monoisotopic (exact) mass is 484 g/mol. The summed E-state index contributed by atoms with van der Waals surface area (Å²) >= 11 is 0. The molecule has 0 radical (unpaired) electrons. The fourth-order valence-corrected chi connectivity index (χ4v) is 5.74. The lowest BCUT2D eigenvalue weighted by Gasteiger charge is -2.41. The van der Waals surface area contributed by atoms with E-state index in [0.717, 1.165) is 31.7 Å². The van der Waals surface area contributed by atoms with Gasteiger partial charge in [0.1, 0.15) is 11.6 Å². The summed E-state index contributed by atoms with van der Waals surface area (Å²) in [6.07, 6.45) is 5.32. The van der Waals surface area contributed by atoms with E-state index in [1.807, 2.05) is 0 Å². The number of aliphatic hydroxyl groups is 1. The molecule has 2 aromatic rings. The van der Waals surface area contributed by atoms with Crippen molar-refractivity contribution in [2.75, 3.05) is 13.1 Å². The third-order valence-electron chi connectivity index (χ3n) is 7.67. The van der Waals surface area contributed by atoms with Crippen molar-refractivity contribution in [2.45, 2.75) is 88.8 Å². The third-order valence-corrected chi connectivity index (χ3v) is 7.67. The van der Waals surface area contributed by atoms with Crippen molar-refractivity contribution < 1.29 is 18.7 Å². The number of benzene rings is 2. The van der Waals surface area contributed by atoms with Crippen LogP contribution < -0.4 is 5.32 Å². The van der Waals surface area contributed by atoms with E-state index >= 15 is 0 Å². The van der Waals surface area contributed by atoms with Gasteiger partial charge in [0.2, 0.25) is 5.91 Å². The number of carbonyl (C=O) groups is 1. The highest BCUT2D eigenvalue weighted by molar-refractivity contribution is 5.78. The molecule has 1 unspecified atom stereocenters. The maximum Gasteiger partial charge on any atom is 0.223 e. The molecule has 4 nitrogen and oxygen atoms in total. The molecular formula is C29H38F2N2O2. The second-order valence-corrected chi connectivity index (χ2v) is 11.3. The van der Waals surface area contributed by atoms with Gasteiger partial charge in [-0.15, -0.1) is 0 Å². The summed E-state index contributed by atoms with van der Waals surface area (Å²) in [5, 5.41) is 15.1. The summed E-state index contributed by atoms with van der Waals surface area (Å²) in [6.45, 7) is 7.29. The first kappa shape index (κ1) is 25.8. The molecule has 1 amide bonds. The van der Waals surface area contributed by atoms with Crippen molar-refractivity contribution in [3.05, 3.63) is 70.8 Å². The van der Waals surface area contributed by atoms with Crippen molar-refractivity contribution in [2.24, 2.45) is 0 Å². The third kappa shape index (κ3) is 5.75. The summed E-state index contributed by atoms with van der Waals surface area (Å²) in [5.74, 6) is -1.51. The first-order valence-electron chi connectivity index (χ1n) is 12.9. The Morgan fingerprint density at radius 1 is 1.03 bits per heavy atom. The van der Waals surface area contributed by atoms with Crippen LogP contribution in [0.5, 0.6) is 0 Å². The van der Waals surface area contributed by atoms with Gasteiger partial charge in [-0.2, -0.15) is 0 Å². The van der Waals surface area contributed by atoms with Crippen molar-refractivity contribution >= 4 is 5.91 Å². The van der Waals surface area contributed by atoms with Gasteiger partial charge in [-0.1, -0.05) is 64.3 Å². The van der Waals surface area contributed by atoms with Gasteiger partial charge >= 0.3 is 0 Å². The van der Waals surface area contributed by atoms with Crippen LogP contribution >= 0.6 is 0 Å². The van der Waals surface area contributed by atoms with Crippen LogP contribution in [0.2, 0.25) is 0 Å². The van der Waals surface area contributed by atoms with E-state index in [0.29, 0.717) is 24.9 Å². The minimum atomic E-state index is -1.01. The van der Waals surface area contributed by atoms with Crippen LogP contribution in [0.4, 0.5) is 8.78 Å². The van der Waals surface area contributed by atoms with Gasteiger partial charge < -0.3 is 15.3 Å². The second-order valence-electron chi connectivity index (χ2n) is 11.3. The van der Waals surface area contributed by atoms with Crippen LogP contribution in [-0.2, 0) is 15.7 Å². The Labute approximate surface area is 207 Å². The standard InChI is InChI=1S/C29H38F2N2O2/c1-28(2,3)21-9-7-10-22(17-21)29(12-5-4-6-13-29)32-19-25(34)27(33-14-8-11-26(33)35)20-15-23(30)18-24(31)16-20/h7,9-10,15-18,25,27,32,34H,4-6,8,11-14,19H2,1-3H3/t25-,27?/m1/s1. The van der Waals surface area contributed by atoms with Gasteiger partial charge in [-0.3, -0.25) is 4.79 Å². The van der Waals surface area contributed by atoms with Crippen molar-refractivity contribution in [1.82, 2.24) is 10.2 Å². The molecule has 2 N–H and O–H groups in total. The number of rotatable bonds is 7. The number of halogens is 2.